The molecule has 0 radical (unpaired) electrons. The number of hydrogen-bond acceptors (Lipinski definition) is 6. The molecule has 0 saturated carbocycles. The number of benzene rings is 2. The van der Waals surface area contributed by atoms with Crippen LogP contribution in [0.1, 0.15) is 16.7 Å². The van der Waals surface area contributed by atoms with Gasteiger partial charge in [-0.15, -0.1) is 5.10 Å². The highest BCUT2D eigenvalue weighted by molar-refractivity contribution is 8.00. The lowest BCUT2D eigenvalue weighted by Crippen LogP contribution is -2.14. The summed E-state index contributed by atoms with van der Waals surface area (Å²) in [5.74, 6) is 0.119. The van der Waals surface area contributed by atoms with E-state index < -0.39 is 0 Å². The molecule has 7 nitrogen and oxygen atoms in total. The lowest BCUT2D eigenvalue weighted by atomic mass is 10.1. The number of anilines is 1. The number of hydrogen-bond donors (Lipinski definition) is 1. The molecule has 0 aliphatic rings. The standard InChI is InChI=1S/C21H20N6OS/c1-13-4-6-17(7-5-13)27-20-19(25-26-27)21(23-12-22-20)29-11-18(28)24-16-9-14(2)8-15(3)10-16/h4-10,12H,11H2,1-3H3,(H,24,28). The molecule has 0 atom stereocenters. The Hall–Kier alpha value is -3.26. The number of fused-ring (bicyclic) bond motifs is 1. The van der Waals surface area contributed by atoms with Gasteiger partial charge in [0, 0.05) is 5.69 Å². The second-order valence-electron chi connectivity index (χ2n) is 6.90. The second-order valence-corrected chi connectivity index (χ2v) is 7.87. The largest absolute Gasteiger partial charge is 0.325 e. The van der Waals surface area contributed by atoms with E-state index in [-0.39, 0.29) is 11.7 Å². The molecule has 8 heteroatoms. The highest BCUT2D eigenvalue weighted by Crippen LogP contribution is 2.24. The van der Waals surface area contributed by atoms with Gasteiger partial charge < -0.3 is 5.32 Å². The third-order valence-corrected chi connectivity index (χ3v) is 5.31. The Morgan fingerprint density at radius 1 is 1.00 bits per heavy atom. The molecule has 1 amide bonds. The predicted molar refractivity (Wildman–Crippen MR) is 114 cm³/mol. The average Bonchev–Trinajstić information content (AvgIpc) is 3.11. The molecule has 4 aromatic rings. The van der Waals surface area contributed by atoms with Gasteiger partial charge >= 0.3 is 0 Å². The van der Waals surface area contributed by atoms with Crippen LogP contribution in [0.25, 0.3) is 16.9 Å². The van der Waals surface area contributed by atoms with E-state index in [2.05, 4.69) is 31.7 Å². The highest BCUT2D eigenvalue weighted by atomic mass is 32.2. The summed E-state index contributed by atoms with van der Waals surface area (Å²) in [5, 5.41) is 12.0. The molecule has 0 saturated heterocycles. The first-order chi connectivity index (χ1) is 14.0. The fourth-order valence-corrected chi connectivity index (χ4v) is 3.80. The quantitative estimate of drug-likeness (QED) is 0.401. The number of amides is 1. The molecule has 146 valence electrons. The Kier molecular flexibility index (Phi) is 5.26. The molecular weight excluding hydrogens is 384 g/mol. The molecule has 0 aliphatic heterocycles. The molecule has 4 rings (SSSR count). The number of thioether (sulfide) groups is 1. The van der Waals surface area contributed by atoms with Crippen LogP contribution in [0.4, 0.5) is 5.69 Å². The van der Waals surface area contributed by atoms with Gasteiger partial charge in [0.1, 0.15) is 11.4 Å². The van der Waals surface area contributed by atoms with Crippen molar-refractivity contribution in [1.29, 1.82) is 0 Å². The molecule has 0 aliphatic carbocycles. The van der Waals surface area contributed by atoms with Gasteiger partial charge in [-0.2, -0.15) is 4.68 Å². The van der Waals surface area contributed by atoms with Gasteiger partial charge in [0.2, 0.25) is 5.91 Å². The first kappa shape index (κ1) is 19.1. The zero-order valence-electron chi connectivity index (χ0n) is 16.4. The van der Waals surface area contributed by atoms with Crippen molar-refractivity contribution in [3.63, 3.8) is 0 Å². The van der Waals surface area contributed by atoms with E-state index in [9.17, 15) is 4.79 Å². The van der Waals surface area contributed by atoms with Crippen LogP contribution < -0.4 is 5.32 Å². The molecule has 29 heavy (non-hydrogen) atoms. The average molecular weight is 404 g/mol. The third-order valence-electron chi connectivity index (χ3n) is 4.33. The summed E-state index contributed by atoms with van der Waals surface area (Å²) in [6, 6.07) is 13.9. The van der Waals surface area contributed by atoms with Crippen LogP contribution in [0.2, 0.25) is 0 Å². The zero-order valence-corrected chi connectivity index (χ0v) is 17.2. The Morgan fingerprint density at radius 3 is 2.45 bits per heavy atom. The monoisotopic (exact) mass is 404 g/mol. The van der Waals surface area contributed by atoms with Crippen LogP contribution in [-0.4, -0.2) is 36.6 Å². The number of rotatable bonds is 5. The maximum absolute atomic E-state index is 12.4. The summed E-state index contributed by atoms with van der Waals surface area (Å²) >= 11 is 1.32. The van der Waals surface area contributed by atoms with Gasteiger partial charge in [0.05, 0.1) is 11.4 Å². The van der Waals surface area contributed by atoms with Crippen molar-refractivity contribution >= 4 is 34.5 Å². The van der Waals surface area contributed by atoms with E-state index in [0.29, 0.717) is 16.2 Å². The second kappa shape index (κ2) is 8.00. The van der Waals surface area contributed by atoms with Crippen LogP contribution in [0.5, 0.6) is 0 Å². The molecule has 0 spiro atoms. The van der Waals surface area contributed by atoms with Gasteiger partial charge in [0.25, 0.3) is 0 Å². The summed E-state index contributed by atoms with van der Waals surface area (Å²) < 4.78 is 1.68. The van der Waals surface area contributed by atoms with Crippen molar-refractivity contribution in [2.24, 2.45) is 0 Å². The minimum Gasteiger partial charge on any atom is -0.325 e. The Bertz CT molecular complexity index is 1170. The number of aromatic nitrogens is 5. The van der Waals surface area contributed by atoms with Crippen molar-refractivity contribution in [2.75, 3.05) is 11.1 Å². The molecule has 2 aromatic heterocycles. The van der Waals surface area contributed by atoms with Crippen LogP contribution in [0.15, 0.2) is 53.8 Å². The lowest BCUT2D eigenvalue weighted by molar-refractivity contribution is -0.113. The van der Waals surface area contributed by atoms with E-state index in [1.807, 2.05) is 57.2 Å². The van der Waals surface area contributed by atoms with Crippen molar-refractivity contribution in [3.05, 3.63) is 65.5 Å². The highest BCUT2D eigenvalue weighted by Gasteiger charge is 2.15. The third kappa shape index (κ3) is 4.27. The minimum absolute atomic E-state index is 0.0994. The van der Waals surface area contributed by atoms with Gasteiger partial charge in [-0.25, -0.2) is 9.97 Å². The van der Waals surface area contributed by atoms with E-state index in [1.165, 1.54) is 23.7 Å². The van der Waals surface area contributed by atoms with E-state index in [0.717, 1.165) is 22.5 Å². The number of carbonyl (C=O) groups is 1. The van der Waals surface area contributed by atoms with Crippen LogP contribution in [0, 0.1) is 20.8 Å². The molecule has 1 N–H and O–H groups in total. The molecule has 2 heterocycles. The van der Waals surface area contributed by atoms with Crippen LogP contribution in [0.3, 0.4) is 0 Å². The first-order valence-electron chi connectivity index (χ1n) is 9.14. The number of carbonyl (C=O) groups excluding carboxylic acids is 1. The van der Waals surface area contributed by atoms with Crippen LogP contribution >= 0.6 is 11.8 Å². The molecular formula is C21H20N6OS. The van der Waals surface area contributed by atoms with Gasteiger partial charge in [-0.1, -0.05) is 40.7 Å². The van der Waals surface area contributed by atoms with E-state index in [4.69, 9.17) is 0 Å². The van der Waals surface area contributed by atoms with Crippen molar-refractivity contribution in [3.8, 4) is 5.69 Å². The van der Waals surface area contributed by atoms with Gasteiger partial charge in [0.15, 0.2) is 11.2 Å². The Morgan fingerprint density at radius 2 is 1.72 bits per heavy atom. The maximum Gasteiger partial charge on any atom is 0.234 e. The Balaban J connectivity index is 1.51. The van der Waals surface area contributed by atoms with E-state index in [1.54, 1.807) is 4.68 Å². The van der Waals surface area contributed by atoms with E-state index >= 15 is 0 Å². The summed E-state index contributed by atoms with van der Waals surface area (Å²) in [6.07, 6.45) is 1.47. The van der Waals surface area contributed by atoms with Gasteiger partial charge in [-0.05, 0) is 56.2 Å². The molecule has 0 bridgehead atoms. The fourth-order valence-electron chi connectivity index (χ4n) is 3.07. The molecule has 0 fully saturated rings. The van der Waals surface area contributed by atoms with Crippen molar-refractivity contribution < 1.29 is 4.79 Å². The SMILES string of the molecule is Cc1ccc(-n2nnc3c(SCC(=O)Nc4cc(C)cc(C)c4)ncnc32)cc1. The number of nitrogens with zero attached hydrogens (tertiary/aromatic N) is 5. The summed E-state index contributed by atoms with van der Waals surface area (Å²) in [7, 11) is 0. The minimum atomic E-state index is -0.0994. The van der Waals surface area contributed by atoms with Crippen molar-refractivity contribution in [2.45, 2.75) is 25.8 Å². The number of aryl methyl sites for hydroxylation is 3. The molecule has 2 aromatic carbocycles. The van der Waals surface area contributed by atoms with Crippen LogP contribution in [-0.2, 0) is 4.79 Å². The molecule has 0 unspecified atom stereocenters. The smallest absolute Gasteiger partial charge is 0.234 e. The predicted octanol–water partition coefficient (Wildman–Crippen LogP) is 3.87. The van der Waals surface area contributed by atoms with Gasteiger partial charge in [-0.3, -0.25) is 4.79 Å². The first-order valence-corrected chi connectivity index (χ1v) is 10.1. The van der Waals surface area contributed by atoms with Crippen molar-refractivity contribution in [1.82, 2.24) is 25.0 Å². The zero-order chi connectivity index (χ0) is 20.4. The lowest BCUT2D eigenvalue weighted by Gasteiger charge is -2.07. The fraction of sp³-hybridized carbons (Fsp3) is 0.190. The topological polar surface area (TPSA) is 85.6 Å². The Labute approximate surface area is 172 Å². The summed E-state index contributed by atoms with van der Waals surface area (Å²) in [6.45, 7) is 6.04. The normalized spacial score (nSPS) is 11.0. The summed E-state index contributed by atoms with van der Waals surface area (Å²) in [5.41, 5.74) is 6.25. The maximum atomic E-state index is 12.4. The summed E-state index contributed by atoms with van der Waals surface area (Å²) in [4.78, 5) is 21.0. The number of nitrogens with one attached hydrogen (secondary N) is 1.